The Bertz CT molecular complexity index is 873. The molecule has 3 aromatic rings. The number of aromatic nitrogens is 2. The molecule has 23 heavy (non-hydrogen) atoms. The van der Waals surface area contributed by atoms with Gasteiger partial charge in [-0.1, -0.05) is 0 Å². The van der Waals surface area contributed by atoms with Crippen LogP contribution in [-0.4, -0.2) is 29.0 Å². The fourth-order valence-electron chi connectivity index (χ4n) is 2.28. The number of hydrogen-bond acceptors (Lipinski definition) is 5. The van der Waals surface area contributed by atoms with E-state index in [-0.39, 0.29) is 6.61 Å². The average molecular weight is 312 g/mol. The monoisotopic (exact) mass is 312 g/mol. The second kappa shape index (κ2) is 5.88. The van der Waals surface area contributed by atoms with Crippen molar-refractivity contribution in [2.24, 2.45) is 5.73 Å². The topological polar surface area (TPSA) is 105 Å². The number of methoxy groups -OCH3 is 1. The summed E-state index contributed by atoms with van der Waals surface area (Å²) in [7, 11) is 1.57. The zero-order chi connectivity index (χ0) is 16.4. The van der Waals surface area contributed by atoms with Crippen LogP contribution in [0.4, 0.5) is 5.69 Å². The third-order valence-corrected chi connectivity index (χ3v) is 3.34. The summed E-state index contributed by atoms with van der Waals surface area (Å²) in [4.78, 5) is 15.4. The highest BCUT2D eigenvalue weighted by Gasteiger charge is 2.11. The zero-order valence-corrected chi connectivity index (χ0v) is 12.5. The van der Waals surface area contributed by atoms with Crippen LogP contribution < -0.4 is 20.9 Å². The lowest BCUT2D eigenvalue weighted by Crippen LogP contribution is -2.20. The SMILES string of the molecule is COc1ccc(-c2cn3cccc(OCC(N)=O)c3n2)cc1N. The number of nitrogens with two attached hydrogens (primary N) is 2. The second-order valence-electron chi connectivity index (χ2n) is 4.94. The van der Waals surface area contributed by atoms with E-state index < -0.39 is 5.91 Å². The van der Waals surface area contributed by atoms with E-state index in [0.29, 0.717) is 22.8 Å². The molecule has 7 heteroatoms. The highest BCUT2D eigenvalue weighted by molar-refractivity contribution is 5.76. The molecular formula is C16H16N4O3. The highest BCUT2D eigenvalue weighted by Crippen LogP contribution is 2.29. The van der Waals surface area contributed by atoms with Crippen LogP contribution >= 0.6 is 0 Å². The number of ether oxygens (including phenoxy) is 2. The number of benzene rings is 1. The Morgan fingerprint density at radius 1 is 1.30 bits per heavy atom. The number of carbonyl (C=O) groups excluding carboxylic acids is 1. The molecule has 2 aromatic heterocycles. The van der Waals surface area contributed by atoms with Crippen molar-refractivity contribution in [2.45, 2.75) is 0 Å². The van der Waals surface area contributed by atoms with Gasteiger partial charge >= 0.3 is 0 Å². The van der Waals surface area contributed by atoms with Crippen LogP contribution in [0.25, 0.3) is 16.9 Å². The highest BCUT2D eigenvalue weighted by atomic mass is 16.5. The fraction of sp³-hybridized carbons (Fsp3) is 0.125. The van der Waals surface area contributed by atoms with E-state index in [1.165, 1.54) is 0 Å². The van der Waals surface area contributed by atoms with Gasteiger partial charge in [0.2, 0.25) is 0 Å². The lowest BCUT2D eigenvalue weighted by Gasteiger charge is -2.05. The van der Waals surface area contributed by atoms with Crippen LogP contribution in [0.3, 0.4) is 0 Å². The largest absolute Gasteiger partial charge is 0.495 e. The molecule has 118 valence electrons. The summed E-state index contributed by atoms with van der Waals surface area (Å²) >= 11 is 0. The number of nitrogen functional groups attached to an aromatic ring is 1. The number of nitrogens with zero attached hydrogens (tertiary/aromatic N) is 2. The minimum absolute atomic E-state index is 0.197. The molecule has 0 aliphatic carbocycles. The quantitative estimate of drug-likeness (QED) is 0.694. The van der Waals surface area contributed by atoms with Crippen LogP contribution in [0.1, 0.15) is 0 Å². The molecule has 4 N–H and O–H groups in total. The Morgan fingerprint density at radius 3 is 2.83 bits per heavy atom. The van der Waals surface area contributed by atoms with Gasteiger partial charge in [-0.25, -0.2) is 4.98 Å². The lowest BCUT2D eigenvalue weighted by atomic mass is 10.1. The van der Waals surface area contributed by atoms with Crippen LogP contribution in [0.2, 0.25) is 0 Å². The maximum Gasteiger partial charge on any atom is 0.255 e. The molecule has 0 radical (unpaired) electrons. The molecule has 2 heterocycles. The van der Waals surface area contributed by atoms with Crippen molar-refractivity contribution in [2.75, 3.05) is 19.5 Å². The van der Waals surface area contributed by atoms with E-state index in [2.05, 4.69) is 4.98 Å². The number of anilines is 1. The van der Waals surface area contributed by atoms with Crippen molar-refractivity contribution in [3.63, 3.8) is 0 Å². The standard InChI is InChI=1S/C16H16N4O3/c1-22-13-5-4-10(7-11(13)17)12-8-20-6-2-3-14(16(20)19-12)23-9-15(18)21/h2-8H,9,17H2,1H3,(H2,18,21). The molecule has 7 nitrogen and oxygen atoms in total. The number of hydrogen-bond donors (Lipinski definition) is 2. The Labute approximate surface area is 132 Å². The van der Waals surface area contributed by atoms with Crippen LogP contribution in [0.15, 0.2) is 42.7 Å². The van der Waals surface area contributed by atoms with Crippen molar-refractivity contribution < 1.29 is 14.3 Å². The van der Waals surface area contributed by atoms with E-state index in [9.17, 15) is 4.79 Å². The Hall–Kier alpha value is -3.22. The number of fused-ring (bicyclic) bond motifs is 1. The maximum atomic E-state index is 10.9. The van der Waals surface area contributed by atoms with Gasteiger partial charge in [0, 0.05) is 18.0 Å². The third kappa shape index (κ3) is 2.89. The smallest absolute Gasteiger partial charge is 0.255 e. The maximum absolute atomic E-state index is 10.9. The fourth-order valence-corrected chi connectivity index (χ4v) is 2.28. The molecule has 3 rings (SSSR count). The van der Waals surface area contributed by atoms with Gasteiger partial charge in [0.05, 0.1) is 18.5 Å². The first kappa shape index (κ1) is 14.7. The molecule has 0 atom stereocenters. The summed E-state index contributed by atoms with van der Waals surface area (Å²) in [6, 6.07) is 9.00. The molecule has 1 amide bonds. The van der Waals surface area contributed by atoms with Crippen molar-refractivity contribution >= 4 is 17.2 Å². The van der Waals surface area contributed by atoms with Gasteiger partial charge in [-0.05, 0) is 30.3 Å². The van der Waals surface area contributed by atoms with Crippen LogP contribution in [0.5, 0.6) is 11.5 Å². The van der Waals surface area contributed by atoms with Gasteiger partial charge < -0.3 is 25.3 Å². The molecule has 0 unspecified atom stereocenters. The molecule has 0 aliphatic rings. The summed E-state index contributed by atoms with van der Waals surface area (Å²) in [6.45, 7) is -0.197. The van der Waals surface area contributed by atoms with Crippen molar-refractivity contribution in [1.29, 1.82) is 0 Å². The summed E-state index contributed by atoms with van der Waals surface area (Å²) in [6.07, 6.45) is 3.70. The Kier molecular flexibility index (Phi) is 3.76. The lowest BCUT2D eigenvalue weighted by molar-refractivity contribution is -0.119. The van der Waals surface area contributed by atoms with Gasteiger partial charge in [0.15, 0.2) is 18.0 Å². The average Bonchev–Trinajstić information content (AvgIpc) is 2.97. The molecule has 0 saturated carbocycles. The van der Waals surface area contributed by atoms with Gasteiger partial charge in [-0.15, -0.1) is 0 Å². The minimum atomic E-state index is -0.540. The summed E-state index contributed by atoms with van der Waals surface area (Å²) in [5.41, 5.74) is 13.8. The van der Waals surface area contributed by atoms with E-state index in [1.807, 2.05) is 22.9 Å². The number of primary amides is 1. The normalized spacial score (nSPS) is 10.7. The van der Waals surface area contributed by atoms with Gasteiger partial charge in [0.1, 0.15) is 5.75 Å². The van der Waals surface area contributed by atoms with E-state index in [4.69, 9.17) is 20.9 Å². The first-order chi connectivity index (χ1) is 11.1. The van der Waals surface area contributed by atoms with Crippen molar-refractivity contribution in [1.82, 2.24) is 9.38 Å². The van der Waals surface area contributed by atoms with E-state index >= 15 is 0 Å². The number of rotatable bonds is 5. The molecule has 0 spiro atoms. The van der Waals surface area contributed by atoms with Crippen molar-refractivity contribution in [3.8, 4) is 22.8 Å². The molecule has 1 aromatic carbocycles. The summed E-state index contributed by atoms with van der Waals surface area (Å²) in [5.74, 6) is 0.559. The van der Waals surface area contributed by atoms with Gasteiger partial charge in [0.25, 0.3) is 5.91 Å². The van der Waals surface area contributed by atoms with Crippen molar-refractivity contribution in [3.05, 3.63) is 42.7 Å². The number of carbonyl (C=O) groups is 1. The minimum Gasteiger partial charge on any atom is -0.495 e. The van der Waals surface area contributed by atoms with Gasteiger partial charge in [-0.2, -0.15) is 0 Å². The first-order valence-electron chi connectivity index (χ1n) is 6.91. The van der Waals surface area contributed by atoms with Crippen LogP contribution in [0, 0.1) is 0 Å². The Morgan fingerprint density at radius 2 is 2.13 bits per heavy atom. The molecule has 0 bridgehead atoms. The first-order valence-corrected chi connectivity index (χ1v) is 6.91. The van der Waals surface area contributed by atoms with E-state index in [0.717, 1.165) is 11.3 Å². The van der Waals surface area contributed by atoms with Crippen LogP contribution in [-0.2, 0) is 4.79 Å². The molecular weight excluding hydrogens is 296 g/mol. The predicted molar refractivity (Wildman–Crippen MR) is 86.3 cm³/mol. The molecule has 0 fully saturated rings. The number of imidazole rings is 1. The number of pyridine rings is 1. The zero-order valence-electron chi connectivity index (χ0n) is 12.5. The van der Waals surface area contributed by atoms with E-state index in [1.54, 1.807) is 31.4 Å². The Balaban J connectivity index is 2.01. The number of amides is 1. The summed E-state index contributed by atoms with van der Waals surface area (Å²) < 4.78 is 12.4. The molecule has 0 aliphatic heterocycles. The van der Waals surface area contributed by atoms with Gasteiger partial charge in [-0.3, -0.25) is 4.79 Å². The second-order valence-corrected chi connectivity index (χ2v) is 4.94. The molecule has 0 saturated heterocycles. The summed E-state index contributed by atoms with van der Waals surface area (Å²) in [5, 5.41) is 0. The predicted octanol–water partition coefficient (Wildman–Crippen LogP) is 1.46. The third-order valence-electron chi connectivity index (χ3n) is 3.34.